The highest BCUT2D eigenvalue weighted by Crippen LogP contribution is 2.60. The molecule has 9 heteroatoms. The summed E-state index contributed by atoms with van der Waals surface area (Å²) in [5.41, 5.74) is -0.145. The monoisotopic (exact) mass is 478 g/mol. The lowest BCUT2D eigenvalue weighted by atomic mass is 9.49. The maximum Gasteiger partial charge on any atom is 0.329 e. The molecule has 33 heavy (non-hydrogen) atoms. The number of nitrogens with one attached hydrogen (secondary N) is 1. The normalized spacial score (nSPS) is 34.4. The van der Waals surface area contributed by atoms with Crippen molar-refractivity contribution in [3.05, 3.63) is 29.0 Å². The molecule has 4 aliphatic carbocycles. The zero-order valence-corrected chi connectivity index (χ0v) is 19.0. The topological polar surface area (TPSA) is 95.9 Å². The number of likely N-dealkylation sites (tertiary alicyclic amines) is 1. The first-order valence-corrected chi connectivity index (χ1v) is 12.0. The van der Waals surface area contributed by atoms with Crippen molar-refractivity contribution in [2.24, 2.45) is 23.2 Å². The number of halogens is 2. The molecule has 6 rings (SSSR count). The van der Waals surface area contributed by atoms with Gasteiger partial charge in [0.2, 0.25) is 5.91 Å². The van der Waals surface area contributed by atoms with Crippen LogP contribution in [0.5, 0.6) is 0 Å². The van der Waals surface area contributed by atoms with Gasteiger partial charge in [-0.25, -0.2) is 9.18 Å². The van der Waals surface area contributed by atoms with Gasteiger partial charge in [0.15, 0.2) is 6.61 Å². The minimum Gasteiger partial charge on any atom is -0.454 e. The number of rotatable bonds is 5. The number of nitrogens with zero attached hydrogens (tertiary/aromatic N) is 1. The minimum atomic E-state index is -0.895. The first kappa shape index (κ1) is 22.6. The number of esters is 1. The molecule has 1 saturated heterocycles. The number of carbonyl (C=O) groups is 3. The molecule has 7 nitrogen and oxygen atoms in total. The molecule has 1 heterocycles. The second-order valence-corrected chi connectivity index (χ2v) is 10.8. The summed E-state index contributed by atoms with van der Waals surface area (Å²) in [7, 11) is 0. The fourth-order valence-corrected chi connectivity index (χ4v) is 7.12. The molecule has 2 amide bonds. The Labute approximate surface area is 196 Å². The smallest absolute Gasteiger partial charge is 0.329 e. The standard InChI is InChI=1S/C24H28ClFN2O5/c25-18-6-16(1-2-19(18)26)27-21(30)12-33-22(31)20-7-17(29)11-28(20)23(32)24-8-13-3-14(9-24)5-15(4-13)10-24/h1-2,6,13-15,17,20,29H,3-5,7-12H2,(H,27,30). The number of hydrogen-bond acceptors (Lipinski definition) is 5. The van der Waals surface area contributed by atoms with Crippen molar-refractivity contribution < 1.29 is 28.6 Å². The lowest BCUT2D eigenvalue weighted by Gasteiger charge is -2.56. The summed E-state index contributed by atoms with van der Waals surface area (Å²) in [6.45, 7) is -0.444. The number of anilines is 1. The predicted molar refractivity (Wildman–Crippen MR) is 118 cm³/mol. The highest BCUT2D eigenvalue weighted by molar-refractivity contribution is 6.31. The van der Waals surface area contributed by atoms with Crippen molar-refractivity contribution in [1.29, 1.82) is 0 Å². The summed E-state index contributed by atoms with van der Waals surface area (Å²) in [4.78, 5) is 40.2. The van der Waals surface area contributed by atoms with Crippen LogP contribution in [-0.4, -0.2) is 53.1 Å². The average Bonchev–Trinajstić information content (AvgIpc) is 3.15. The van der Waals surface area contributed by atoms with Gasteiger partial charge in [-0.2, -0.15) is 0 Å². The van der Waals surface area contributed by atoms with Crippen LogP contribution in [0.3, 0.4) is 0 Å². The lowest BCUT2D eigenvalue weighted by Crippen LogP contribution is -2.56. The van der Waals surface area contributed by atoms with Gasteiger partial charge in [-0.15, -0.1) is 0 Å². The fraction of sp³-hybridized carbons (Fsp3) is 0.625. The second kappa shape index (κ2) is 8.55. The molecule has 5 fully saturated rings. The van der Waals surface area contributed by atoms with Crippen molar-refractivity contribution in [1.82, 2.24) is 4.90 Å². The summed E-state index contributed by atoms with van der Waals surface area (Å²) in [5.74, 6) is -0.194. The van der Waals surface area contributed by atoms with Crippen LogP contribution in [0.1, 0.15) is 44.9 Å². The number of hydrogen-bond donors (Lipinski definition) is 2. The molecule has 4 bridgehead atoms. The van der Waals surface area contributed by atoms with Gasteiger partial charge in [-0.1, -0.05) is 11.6 Å². The Kier molecular flexibility index (Phi) is 5.85. The van der Waals surface area contributed by atoms with E-state index in [1.54, 1.807) is 0 Å². The third-order valence-electron chi connectivity index (χ3n) is 7.85. The summed E-state index contributed by atoms with van der Waals surface area (Å²) < 4.78 is 18.5. The predicted octanol–water partition coefficient (Wildman–Crippen LogP) is 3.14. The summed E-state index contributed by atoms with van der Waals surface area (Å²) in [5, 5.41) is 12.6. The van der Waals surface area contributed by atoms with E-state index < -0.39 is 41.9 Å². The molecule has 0 radical (unpaired) electrons. The van der Waals surface area contributed by atoms with Crippen molar-refractivity contribution in [3.8, 4) is 0 Å². The first-order chi connectivity index (χ1) is 15.7. The van der Waals surface area contributed by atoms with Gasteiger partial charge in [-0.05, 0) is 74.5 Å². The Morgan fingerprint density at radius 2 is 1.76 bits per heavy atom. The number of β-amino-alcohol motifs (C(OH)–C–C–N with tert-alkyl or cyclic N) is 1. The Hall–Kier alpha value is -2.19. The van der Waals surface area contributed by atoms with Gasteiger partial charge in [0.25, 0.3) is 5.91 Å². The number of benzene rings is 1. The number of amides is 2. The molecule has 1 aromatic carbocycles. The summed E-state index contributed by atoms with van der Waals surface area (Å²) in [6, 6.07) is 2.84. The van der Waals surface area contributed by atoms with Gasteiger partial charge < -0.3 is 20.1 Å². The third-order valence-corrected chi connectivity index (χ3v) is 8.14. The van der Waals surface area contributed by atoms with Gasteiger partial charge >= 0.3 is 5.97 Å². The fourth-order valence-electron chi connectivity index (χ4n) is 6.94. The summed E-state index contributed by atoms with van der Waals surface area (Å²) in [6.07, 6.45) is 5.53. The molecule has 2 unspecified atom stereocenters. The third kappa shape index (κ3) is 4.35. The highest BCUT2D eigenvalue weighted by atomic mass is 35.5. The van der Waals surface area contributed by atoms with Crippen LogP contribution < -0.4 is 5.32 Å². The molecule has 5 aliphatic rings. The Balaban J connectivity index is 1.21. The average molecular weight is 479 g/mol. The van der Waals surface area contributed by atoms with Crippen LogP contribution in [0, 0.1) is 29.0 Å². The molecular weight excluding hydrogens is 451 g/mol. The maximum absolute atomic E-state index is 13.7. The van der Waals surface area contributed by atoms with E-state index in [0.717, 1.165) is 25.3 Å². The molecule has 0 aromatic heterocycles. The van der Waals surface area contributed by atoms with Gasteiger partial charge in [-0.3, -0.25) is 9.59 Å². The minimum absolute atomic E-state index is 0.0366. The number of ether oxygens (including phenoxy) is 1. The SMILES string of the molecule is O=C(COC(=O)C1CC(O)CN1C(=O)C12CC3CC(CC(C3)C1)C2)Nc1ccc(F)c(Cl)c1. The maximum atomic E-state index is 13.7. The van der Waals surface area contributed by atoms with Crippen LogP contribution in [-0.2, 0) is 19.1 Å². The largest absolute Gasteiger partial charge is 0.454 e. The van der Waals surface area contributed by atoms with E-state index in [2.05, 4.69) is 5.32 Å². The van der Waals surface area contributed by atoms with Crippen LogP contribution in [0.4, 0.5) is 10.1 Å². The molecule has 178 valence electrons. The van der Waals surface area contributed by atoms with Crippen molar-refractivity contribution in [2.75, 3.05) is 18.5 Å². The zero-order chi connectivity index (χ0) is 23.3. The van der Waals surface area contributed by atoms with Crippen molar-refractivity contribution >= 4 is 35.1 Å². The van der Waals surface area contributed by atoms with Crippen LogP contribution in [0.15, 0.2) is 18.2 Å². The lowest BCUT2D eigenvalue weighted by molar-refractivity contribution is -0.166. The van der Waals surface area contributed by atoms with E-state index in [9.17, 15) is 23.9 Å². The first-order valence-electron chi connectivity index (χ1n) is 11.6. The molecular formula is C24H28ClFN2O5. The number of aliphatic hydroxyl groups is 1. The van der Waals surface area contributed by atoms with Gasteiger partial charge in [0.1, 0.15) is 11.9 Å². The van der Waals surface area contributed by atoms with E-state index in [-0.39, 0.29) is 29.6 Å². The molecule has 0 spiro atoms. The highest BCUT2D eigenvalue weighted by Gasteiger charge is 2.57. The molecule has 2 atom stereocenters. The zero-order valence-electron chi connectivity index (χ0n) is 18.3. The Morgan fingerprint density at radius 3 is 2.36 bits per heavy atom. The molecule has 1 aliphatic heterocycles. The van der Waals surface area contributed by atoms with E-state index in [4.69, 9.17) is 16.3 Å². The van der Waals surface area contributed by atoms with Gasteiger partial charge in [0.05, 0.1) is 16.5 Å². The van der Waals surface area contributed by atoms with E-state index in [0.29, 0.717) is 17.8 Å². The Morgan fingerprint density at radius 1 is 1.12 bits per heavy atom. The molecule has 1 aromatic rings. The van der Waals surface area contributed by atoms with Crippen molar-refractivity contribution in [3.63, 3.8) is 0 Å². The van der Waals surface area contributed by atoms with Crippen LogP contribution in [0.2, 0.25) is 5.02 Å². The van der Waals surface area contributed by atoms with Gasteiger partial charge in [0, 0.05) is 18.7 Å². The second-order valence-electron chi connectivity index (χ2n) is 10.3. The number of aliphatic hydroxyl groups excluding tert-OH is 1. The molecule has 4 saturated carbocycles. The summed E-state index contributed by atoms with van der Waals surface area (Å²) >= 11 is 5.71. The van der Waals surface area contributed by atoms with E-state index >= 15 is 0 Å². The van der Waals surface area contributed by atoms with Crippen LogP contribution in [0.25, 0.3) is 0 Å². The van der Waals surface area contributed by atoms with E-state index in [1.165, 1.54) is 36.3 Å². The molecule has 2 N–H and O–H groups in total. The quantitative estimate of drug-likeness (QED) is 0.634. The van der Waals surface area contributed by atoms with E-state index in [1.807, 2.05) is 0 Å². The number of carbonyl (C=O) groups excluding carboxylic acids is 3. The van der Waals surface area contributed by atoms with Crippen molar-refractivity contribution in [2.45, 2.75) is 57.1 Å². The van der Waals surface area contributed by atoms with Crippen LogP contribution >= 0.6 is 11.6 Å². The Bertz CT molecular complexity index is 950.